The monoisotopic (exact) mass is 448 g/mol. The molecular formula is C24H24N4O3S. The van der Waals surface area contributed by atoms with Crippen LogP contribution >= 0.6 is 11.3 Å². The molecular weight excluding hydrogens is 424 g/mol. The number of thiazole rings is 1. The summed E-state index contributed by atoms with van der Waals surface area (Å²) in [6, 6.07) is 11.3. The van der Waals surface area contributed by atoms with E-state index >= 15 is 0 Å². The van der Waals surface area contributed by atoms with Gasteiger partial charge in [-0.2, -0.15) is 0 Å². The summed E-state index contributed by atoms with van der Waals surface area (Å²) in [6.45, 7) is 2.41. The van der Waals surface area contributed by atoms with Crippen molar-refractivity contribution in [1.29, 1.82) is 0 Å². The summed E-state index contributed by atoms with van der Waals surface area (Å²) in [6.07, 6.45) is 7.93. The van der Waals surface area contributed by atoms with Crippen molar-refractivity contribution in [3.8, 4) is 10.9 Å². The van der Waals surface area contributed by atoms with Gasteiger partial charge in [-0.25, -0.2) is 4.98 Å². The highest BCUT2D eigenvalue weighted by molar-refractivity contribution is 7.20. The lowest BCUT2D eigenvalue weighted by molar-refractivity contribution is -0.120. The van der Waals surface area contributed by atoms with Crippen molar-refractivity contribution in [2.75, 3.05) is 0 Å². The number of nitrogens with one attached hydrogen (secondary N) is 1. The van der Waals surface area contributed by atoms with Crippen molar-refractivity contribution in [2.45, 2.75) is 57.3 Å². The summed E-state index contributed by atoms with van der Waals surface area (Å²) in [7, 11) is 0. The molecule has 2 bridgehead atoms. The molecule has 2 aliphatic heterocycles. The predicted octanol–water partition coefficient (Wildman–Crippen LogP) is 4.86. The Morgan fingerprint density at radius 1 is 1.25 bits per heavy atom. The predicted molar refractivity (Wildman–Crippen MR) is 123 cm³/mol. The number of benzene rings is 1. The second kappa shape index (κ2) is 7.86. The molecule has 3 aromatic heterocycles. The first-order valence-corrected chi connectivity index (χ1v) is 11.9. The minimum Gasteiger partial charge on any atom is -0.460 e. The van der Waals surface area contributed by atoms with Crippen molar-refractivity contribution in [3.05, 3.63) is 48.5 Å². The third kappa shape index (κ3) is 3.73. The quantitative estimate of drug-likeness (QED) is 0.470. The smallest absolute Gasteiger partial charge is 0.279 e. The van der Waals surface area contributed by atoms with Crippen LogP contribution in [0.4, 0.5) is 0 Å². The fraction of sp³-hybridized carbons (Fsp3) is 0.375. The van der Waals surface area contributed by atoms with Gasteiger partial charge in [0.05, 0.1) is 17.4 Å². The molecule has 8 heteroatoms. The molecule has 2 atom stereocenters. The van der Waals surface area contributed by atoms with Gasteiger partial charge in [0.2, 0.25) is 5.91 Å². The number of pyridine rings is 1. The third-order valence-corrected chi connectivity index (χ3v) is 7.46. The van der Waals surface area contributed by atoms with E-state index in [0.29, 0.717) is 23.3 Å². The van der Waals surface area contributed by atoms with Crippen LogP contribution in [0.1, 0.15) is 38.4 Å². The minimum absolute atomic E-state index is 0.0701. The fourth-order valence-corrected chi connectivity index (χ4v) is 6.04. The SMILES string of the molecule is CC(=O)NC1CC2CCC(C1)N2Cc1cc2cc(Oc3nc4cnccc4s3)ccc2o1. The van der Waals surface area contributed by atoms with E-state index in [1.807, 2.05) is 24.3 Å². The molecule has 1 amide bonds. The van der Waals surface area contributed by atoms with Gasteiger partial charge in [0.15, 0.2) is 0 Å². The molecule has 4 aromatic rings. The maximum Gasteiger partial charge on any atom is 0.279 e. The molecule has 6 rings (SSSR count). The second-order valence-corrected chi connectivity index (χ2v) is 9.76. The lowest BCUT2D eigenvalue weighted by atomic mass is 9.97. The molecule has 7 nitrogen and oxygen atoms in total. The topological polar surface area (TPSA) is 80.5 Å². The van der Waals surface area contributed by atoms with Crippen LogP contribution in [0.3, 0.4) is 0 Å². The Labute approximate surface area is 189 Å². The zero-order valence-electron chi connectivity index (χ0n) is 17.8. The third-order valence-electron chi connectivity index (χ3n) is 6.54. The Morgan fingerprint density at radius 2 is 2.09 bits per heavy atom. The number of carbonyl (C=O) groups is 1. The Morgan fingerprint density at radius 3 is 2.88 bits per heavy atom. The van der Waals surface area contributed by atoms with Crippen molar-refractivity contribution in [1.82, 2.24) is 20.2 Å². The average Bonchev–Trinajstić information content (AvgIpc) is 3.41. The van der Waals surface area contributed by atoms with Crippen LogP contribution in [0.2, 0.25) is 0 Å². The number of ether oxygens (including phenoxy) is 1. The van der Waals surface area contributed by atoms with E-state index in [2.05, 4.69) is 26.3 Å². The van der Waals surface area contributed by atoms with Crippen LogP contribution in [0, 0.1) is 0 Å². The standard InChI is InChI=1S/C24H24N4O3S/c1-14(29)26-16-10-17-2-3-18(11-16)28(17)13-20-9-15-8-19(4-5-22(15)30-20)31-24-27-21-12-25-7-6-23(21)32-24/h4-9,12,16-18H,2-3,10-11,13H2,1H3,(H,26,29). The van der Waals surface area contributed by atoms with Gasteiger partial charge in [-0.05, 0) is 56.0 Å². The average molecular weight is 449 g/mol. The molecule has 0 radical (unpaired) electrons. The van der Waals surface area contributed by atoms with Crippen molar-refractivity contribution >= 4 is 38.4 Å². The highest BCUT2D eigenvalue weighted by atomic mass is 32.1. The number of nitrogens with zero attached hydrogens (tertiary/aromatic N) is 3. The first kappa shape index (κ1) is 19.7. The molecule has 2 fully saturated rings. The number of piperidine rings is 1. The Bertz CT molecular complexity index is 1250. The van der Waals surface area contributed by atoms with Crippen LogP contribution in [-0.4, -0.2) is 38.9 Å². The van der Waals surface area contributed by atoms with Crippen molar-refractivity contribution in [3.63, 3.8) is 0 Å². The van der Waals surface area contributed by atoms with E-state index in [1.54, 1.807) is 19.3 Å². The number of amides is 1. The Balaban J connectivity index is 1.17. The molecule has 1 N–H and O–H groups in total. The maximum absolute atomic E-state index is 11.4. The molecule has 5 heterocycles. The van der Waals surface area contributed by atoms with Crippen LogP contribution in [0.5, 0.6) is 10.9 Å². The molecule has 2 saturated heterocycles. The van der Waals surface area contributed by atoms with E-state index < -0.39 is 0 Å². The van der Waals surface area contributed by atoms with Gasteiger partial charge in [0, 0.05) is 36.6 Å². The van der Waals surface area contributed by atoms with Crippen molar-refractivity contribution < 1.29 is 13.9 Å². The summed E-state index contributed by atoms with van der Waals surface area (Å²) in [4.78, 5) is 22.6. The minimum atomic E-state index is 0.0701. The highest BCUT2D eigenvalue weighted by Gasteiger charge is 2.41. The van der Waals surface area contributed by atoms with Crippen molar-refractivity contribution in [2.24, 2.45) is 0 Å². The molecule has 32 heavy (non-hydrogen) atoms. The number of furan rings is 1. The summed E-state index contributed by atoms with van der Waals surface area (Å²) >= 11 is 1.51. The first-order chi connectivity index (χ1) is 15.6. The van der Waals surface area contributed by atoms with E-state index in [4.69, 9.17) is 9.15 Å². The van der Waals surface area contributed by atoms with Crippen LogP contribution in [0.15, 0.2) is 47.1 Å². The summed E-state index contributed by atoms with van der Waals surface area (Å²) in [5.74, 6) is 1.78. The van der Waals surface area contributed by atoms with Crippen LogP contribution < -0.4 is 10.1 Å². The molecule has 0 aliphatic carbocycles. The van der Waals surface area contributed by atoms with E-state index in [9.17, 15) is 4.79 Å². The lowest BCUT2D eigenvalue weighted by Gasteiger charge is -2.38. The molecule has 164 valence electrons. The normalized spacial score (nSPS) is 23.1. The number of rotatable bonds is 5. The Kier molecular flexibility index (Phi) is 4.84. The maximum atomic E-state index is 11.4. The van der Waals surface area contributed by atoms with Gasteiger partial charge in [-0.1, -0.05) is 11.3 Å². The van der Waals surface area contributed by atoms with Gasteiger partial charge in [-0.15, -0.1) is 0 Å². The lowest BCUT2D eigenvalue weighted by Crippen LogP contribution is -2.49. The molecule has 0 spiro atoms. The summed E-state index contributed by atoms with van der Waals surface area (Å²) < 4.78 is 13.2. The molecule has 2 aliphatic rings. The van der Waals surface area contributed by atoms with Gasteiger partial charge < -0.3 is 14.5 Å². The van der Waals surface area contributed by atoms with Gasteiger partial charge in [0.25, 0.3) is 5.19 Å². The first-order valence-electron chi connectivity index (χ1n) is 11.0. The largest absolute Gasteiger partial charge is 0.460 e. The molecule has 1 aromatic carbocycles. The molecule has 0 saturated carbocycles. The summed E-state index contributed by atoms with van der Waals surface area (Å²) in [5.41, 5.74) is 1.71. The fourth-order valence-electron chi connectivity index (χ4n) is 5.24. The van der Waals surface area contributed by atoms with Gasteiger partial charge in [-0.3, -0.25) is 14.7 Å². The number of carbonyl (C=O) groups excluding carboxylic acids is 1. The zero-order chi connectivity index (χ0) is 21.7. The van der Waals surface area contributed by atoms with E-state index in [1.165, 1.54) is 24.2 Å². The second-order valence-electron chi connectivity index (χ2n) is 8.76. The van der Waals surface area contributed by atoms with Gasteiger partial charge >= 0.3 is 0 Å². The van der Waals surface area contributed by atoms with Gasteiger partial charge in [0.1, 0.15) is 22.6 Å². The van der Waals surface area contributed by atoms with E-state index in [0.717, 1.165) is 52.1 Å². The van der Waals surface area contributed by atoms with Crippen LogP contribution in [0.25, 0.3) is 21.2 Å². The number of hydrogen-bond donors (Lipinski definition) is 1. The van der Waals surface area contributed by atoms with Crippen LogP contribution in [-0.2, 0) is 11.3 Å². The highest BCUT2D eigenvalue weighted by Crippen LogP contribution is 2.38. The number of hydrogen-bond acceptors (Lipinski definition) is 7. The summed E-state index contributed by atoms with van der Waals surface area (Å²) in [5, 5.41) is 4.75. The van der Waals surface area contributed by atoms with E-state index in [-0.39, 0.29) is 5.91 Å². The number of fused-ring (bicyclic) bond motifs is 4. The zero-order valence-corrected chi connectivity index (χ0v) is 18.6. The molecule has 2 unspecified atom stereocenters. The number of aromatic nitrogens is 2. The Hall–Kier alpha value is -2.97.